The Hall–Kier alpha value is -3.81. The Balaban J connectivity index is 1.48. The molecule has 0 saturated carbocycles. The van der Waals surface area contributed by atoms with Gasteiger partial charge in [0.05, 0.1) is 39.0 Å². The SMILES string of the molecule is CCOC(=O)c1cc(-c2ccc(OC)cc2)n(C2CCN(C(=O)Cc3ccc(OC)cc3)CC2)n1. The summed E-state index contributed by atoms with van der Waals surface area (Å²) in [6.07, 6.45) is 1.86. The summed E-state index contributed by atoms with van der Waals surface area (Å²) in [5.74, 6) is 1.20. The van der Waals surface area contributed by atoms with Gasteiger partial charge in [-0.25, -0.2) is 4.79 Å². The standard InChI is InChI=1S/C27H31N3O5/c1-4-35-27(32)24-18-25(20-7-11-23(34-3)12-8-20)30(28-24)21-13-15-29(16-14-21)26(31)17-19-5-9-22(33-2)10-6-19/h5-12,18,21H,4,13-17H2,1-3H3. The zero-order valence-corrected chi connectivity index (χ0v) is 20.4. The van der Waals surface area contributed by atoms with Crippen LogP contribution in [-0.4, -0.2) is 60.5 Å². The van der Waals surface area contributed by atoms with Gasteiger partial charge in [0.15, 0.2) is 5.69 Å². The van der Waals surface area contributed by atoms with Gasteiger partial charge in [0.1, 0.15) is 11.5 Å². The van der Waals surface area contributed by atoms with E-state index in [4.69, 9.17) is 14.2 Å². The van der Waals surface area contributed by atoms with E-state index in [2.05, 4.69) is 5.10 Å². The fourth-order valence-electron chi connectivity index (χ4n) is 4.34. The van der Waals surface area contributed by atoms with E-state index in [1.165, 1.54) is 0 Å². The van der Waals surface area contributed by atoms with Crippen molar-refractivity contribution in [3.63, 3.8) is 0 Å². The first kappa shape index (κ1) is 24.3. The number of ether oxygens (including phenoxy) is 3. The molecule has 1 saturated heterocycles. The van der Waals surface area contributed by atoms with Crippen LogP contribution in [-0.2, 0) is 16.0 Å². The molecule has 0 atom stereocenters. The molecule has 184 valence electrons. The number of benzene rings is 2. The van der Waals surface area contributed by atoms with Gasteiger partial charge in [-0.1, -0.05) is 12.1 Å². The maximum absolute atomic E-state index is 12.9. The minimum Gasteiger partial charge on any atom is -0.497 e. The lowest BCUT2D eigenvalue weighted by Gasteiger charge is -2.33. The number of carbonyl (C=O) groups is 2. The first-order valence-corrected chi connectivity index (χ1v) is 11.8. The molecule has 35 heavy (non-hydrogen) atoms. The Labute approximate surface area is 205 Å². The second-order valence-corrected chi connectivity index (χ2v) is 8.45. The third-order valence-electron chi connectivity index (χ3n) is 6.28. The van der Waals surface area contributed by atoms with E-state index >= 15 is 0 Å². The molecule has 1 fully saturated rings. The normalized spacial score (nSPS) is 14.0. The summed E-state index contributed by atoms with van der Waals surface area (Å²) in [7, 11) is 3.25. The van der Waals surface area contributed by atoms with E-state index in [0.717, 1.165) is 41.2 Å². The minimum absolute atomic E-state index is 0.0697. The van der Waals surface area contributed by atoms with Gasteiger partial charge in [-0.05, 0) is 67.8 Å². The molecule has 0 spiro atoms. The van der Waals surface area contributed by atoms with Crippen molar-refractivity contribution in [2.75, 3.05) is 33.9 Å². The molecule has 8 heteroatoms. The molecule has 2 aromatic carbocycles. The summed E-state index contributed by atoms with van der Waals surface area (Å²) in [6, 6.07) is 17.1. The van der Waals surface area contributed by atoms with Crippen LogP contribution in [0.3, 0.4) is 0 Å². The van der Waals surface area contributed by atoms with Crippen molar-refractivity contribution in [1.29, 1.82) is 0 Å². The summed E-state index contributed by atoms with van der Waals surface area (Å²) in [6.45, 7) is 3.34. The maximum atomic E-state index is 12.9. The topological polar surface area (TPSA) is 82.9 Å². The number of hydrogen-bond acceptors (Lipinski definition) is 6. The molecule has 0 aliphatic carbocycles. The van der Waals surface area contributed by atoms with Crippen molar-refractivity contribution in [1.82, 2.24) is 14.7 Å². The highest BCUT2D eigenvalue weighted by Gasteiger charge is 2.27. The largest absolute Gasteiger partial charge is 0.497 e. The van der Waals surface area contributed by atoms with Crippen molar-refractivity contribution < 1.29 is 23.8 Å². The predicted octanol–water partition coefficient (Wildman–Crippen LogP) is 4.15. The smallest absolute Gasteiger partial charge is 0.358 e. The molecule has 0 bridgehead atoms. The van der Waals surface area contributed by atoms with Crippen LogP contribution in [0.2, 0.25) is 0 Å². The van der Waals surface area contributed by atoms with E-state index in [0.29, 0.717) is 19.5 Å². The third-order valence-corrected chi connectivity index (χ3v) is 6.28. The van der Waals surface area contributed by atoms with Crippen LogP contribution in [0.4, 0.5) is 0 Å². The lowest BCUT2D eigenvalue weighted by molar-refractivity contribution is -0.131. The van der Waals surface area contributed by atoms with E-state index in [1.54, 1.807) is 27.2 Å². The first-order chi connectivity index (χ1) is 17.0. The number of methoxy groups -OCH3 is 2. The van der Waals surface area contributed by atoms with Crippen molar-refractivity contribution in [2.24, 2.45) is 0 Å². The Kier molecular flexibility index (Phi) is 7.70. The Morgan fingerprint density at radius 2 is 1.54 bits per heavy atom. The number of esters is 1. The second kappa shape index (κ2) is 11.1. The van der Waals surface area contributed by atoms with E-state index in [9.17, 15) is 9.59 Å². The first-order valence-electron chi connectivity index (χ1n) is 11.8. The number of piperidine rings is 1. The number of hydrogen-bond donors (Lipinski definition) is 0. The summed E-state index contributed by atoms with van der Waals surface area (Å²) in [5, 5.41) is 4.62. The summed E-state index contributed by atoms with van der Waals surface area (Å²) in [4.78, 5) is 27.2. The van der Waals surface area contributed by atoms with Gasteiger partial charge in [0.2, 0.25) is 5.91 Å². The van der Waals surface area contributed by atoms with Crippen LogP contribution in [0.25, 0.3) is 11.3 Å². The molecule has 0 unspecified atom stereocenters. The van der Waals surface area contributed by atoms with Crippen LogP contribution in [0.5, 0.6) is 11.5 Å². The van der Waals surface area contributed by atoms with Crippen molar-refractivity contribution >= 4 is 11.9 Å². The zero-order chi connectivity index (χ0) is 24.8. The van der Waals surface area contributed by atoms with Gasteiger partial charge in [-0.15, -0.1) is 0 Å². The highest BCUT2D eigenvalue weighted by molar-refractivity contribution is 5.88. The molecular formula is C27H31N3O5. The van der Waals surface area contributed by atoms with Gasteiger partial charge >= 0.3 is 5.97 Å². The number of nitrogens with zero attached hydrogens (tertiary/aromatic N) is 3. The second-order valence-electron chi connectivity index (χ2n) is 8.45. The number of carbonyl (C=O) groups excluding carboxylic acids is 2. The van der Waals surface area contributed by atoms with Crippen LogP contribution in [0.1, 0.15) is 41.9 Å². The van der Waals surface area contributed by atoms with Gasteiger partial charge in [-0.2, -0.15) is 5.10 Å². The van der Waals surface area contributed by atoms with Crippen molar-refractivity contribution in [3.05, 3.63) is 65.9 Å². The van der Waals surface area contributed by atoms with Gasteiger partial charge in [-0.3, -0.25) is 9.48 Å². The molecule has 1 aromatic heterocycles. The van der Waals surface area contributed by atoms with E-state index < -0.39 is 5.97 Å². The average Bonchev–Trinajstić information content (AvgIpc) is 3.35. The molecule has 8 nitrogen and oxygen atoms in total. The van der Waals surface area contributed by atoms with Gasteiger partial charge in [0.25, 0.3) is 0 Å². The van der Waals surface area contributed by atoms with Gasteiger partial charge in [0, 0.05) is 18.7 Å². The lowest BCUT2D eigenvalue weighted by Crippen LogP contribution is -2.40. The highest BCUT2D eigenvalue weighted by Crippen LogP contribution is 2.31. The number of likely N-dealkylation sites (tertiary alicyclic amines) is 1. The molecule has 1 aliphatic heterocycles. The van der Waals surface area contributed by atoms with Crippen LogP contribution < -0.4 is 9.47 Å². The van der Waals surface area contributed by atoms with E-state index in [-0.39, 0.29) is 24.2 Å². The quantitative estimate of drug-likeness (QED) is 0.453. The van der Waals surface area contributed by atoms with Gasteiger partial charge < -0.3 is 19.1 Å². The number of rotatable bonds is 8. The van der Waals surface area contributed by atoms with Crippen molar-refractivity contribution in [3.8, 4) is 22.8 Å². The average molecular weight is 478 g/mol. The monoisotopic (exact) mass is 477 g/mol. The molecular weight excluding hydrogens is 446 g/mol. The summed E-state index contributed by atoms with van der Waals surface area (Å²) < 4.78 is 17.6. The van der Waals surface area contributed by atoms with Crippen LogP contribution in [0, 0.1) is 0 Å². The van der Waals surface area contributed by atoms with Crippen LogP contribution in [0.15, 0.2) is 54.6 Å². The molecule has 0 radical (unpaired) electrons. The summed E-state index contributed by atoms with van der Waals surface area (Å²) >= 11 is 0. The highest BCUT2D eigenvalue weighted by atomic mass is 16.5. The predicted molar refractivity (Wildman–Crippen MR) is 132 cm³/mol. The number of amides is 1. The Bertz CT molecular complexity index is 1150. The lowest BCUT2D eigenvalue weighted by atomic mass is 10.0. The molecule has 1 aliphatic rings. The Morgan fingerprint density at radius 1 is 0.943 bits per heavy atom. The van der Waals surface area contributed by atoms with E-state index in [1.807, 2.05) is 58.1 Å². The number of aromatic nitrogens is 2. The molecule has 3 aromatic rings. The fourth-order valence-corrected chi connectivity index (χ4v) is 4.34. The molecule has 2 heterocycles. The van der Waals surface area contributed by atoms with Crippen LogP contribution >= 0.6 is 0 Å². The molecule has 1 amide bonds. The maximum Gasteiger partial charge on any atom is 0.358 e. The summed E-state index contributed by atoms with van der Waals surface area (Å²) in [5.41, 5.74) is 3.03. The zero-order valence-electron chi connectivity index (χ0n) is 20.4. The van der Waals surface area contributed by atoms with Crippen molar-refractivity contribution in [2.45, 2.75) is 32.2 Å². The molecule has 4 rings (SSSR count). The fraction of sp³-hybridized carbons (Fsp3) is 0.370. The third kappa shape index (κ3) is 5.65. The molecule has 0 N–H and O–H groups in total. The minimum atomic E-state index is -0.437. The Morgan fingerprint density at radius 3 is 2.11 bits per heavy atom.